The lowest BCUT2D eigenvalue weighted by Gasteiger charge is -2.23. The number of hydrogen-bond acceptors (Lipinski definition) is 6. The highest BCUT2D eigenvalue weighted by molar-refractivity contribution is 7.18. The number of quaternary nitrogens is 1. The van der Waals surface area contributed by atoms with Crippen LogP contribution < -0.4 is 15.8 Å². The number of ether oxygens (including phenoxy) is 1. The number of fused-ring (bicyclic) bond motifs is 4. The summed E-state index contributed by atoms with van der Waals surface area (Å²) in [7, 11) is 0. The lowest BCUT2D eigenvalue weighted by Crippen LogP contribution is -3.14. The van der Waals surface area contributed by atoms with Crippen LogP contribution in [-0.4, -0.2) is 54.0 Å². The molecule has 2 N–H and O–H groups in total. The molecule has 3 aromatic heterocycles. The summed E-state index contributed by atoms with van der Waals surface area (Å²) in [6.07, 6.45) is 1.04. The van der Waals surface area contributed by atoms with Gasteiger partial charge in [0.05, 0.1) is 25.1 Å². The number of nitrogens with one attached hydrogen (secondary N) is 2. The van der Waals surface area contributed by atoms with Gasteiger partial charge in [0, 0.05) is 28.6 Å². The molecule has 1 aliphatic heterocycles. The molecular formula is C22H26N5O2S+. The maximum atomic E-state index is 13.3. The van der Waals surface area contributed by atoms with Crippen molar-refractivity contribution in [2.75, 3.05) is 44.7 Å². The van der Waals surface area contributed by atoms with Crippen molar-refractivity contribution in [3.05, 3.63) is 45.1 Å². The molecule has 4 heterocycles. The molecule has 5 rings (SSSR count). The van der Waals surface area contributed by atoms with Crippen molar-refractivity contribution in [2.24, 2.45) is 0 Å². The number of nitrogens with zero attached hydrogens (tertiary/aromatic N) is 3. The fourth-order valence-corrected chi connectivity index (χ4v) is 5.20. The number of hydrogen-bond donors (Lipinski definition) is 2. The highest BCUT2D eigenvalue weighted by Crippen LogP contribution is 2.29. The molecule has 1 fully saturated rings. The van der Waals surface area contributed by atoms with Crippen LogP contribution in [0.2, 0.25) is 0 Å². The van der Waals surface area contributed by atoms with Crippen molar-refractivity contribution in [1.29, 1.82) is 0 Å². The number of thiophene rings is 1. The third-order valence-electron chi connectivity index (χ3n) is 6.00. The van der Waals surface area contributed by atoms with Crippen molar-refractivity contribution in [2.45, 2.75) is 20.3 Å². The molecule has 1 aromatic carbocycles. The quantitative estimate of drug-likeness (QED) is 0.378. The Morgan fingerprint density at radius 1 is 1.20 bits per heavy atom. The molecule has 156 valence electrons. The fraction of sp³-hybridized carbons (Fsp3) is 0.409. The average Bonchev–Trinajstić information content (AvgIpc) is 3.06. The molecule has 0 spiro atoms. The van der Waals surface area contributed by atoms with Gasteiger partial charge in [-0.15, -0.1) is 16.4 Å². The van der Waals surface area contributed by atoms with Gasteiger partial charge in [-0.2, -0.15) is 4.52 Å². The second-order valence-corrected chi connectivity index (χ2v) is 9.11. The predicted molar refractivity (Wildman–Crippen MR) is 121 cm³/mol. The second kappa shape index (κ2) is 7.94. The molecule has 4 aromatic rings. The second-order valence-electron chi connectivity index (χ2n) is 7.90. The van der Waals surface area contributed by atoms with E-state index in [2.05, 4.69) is 5.32 Å². The van der Waals surface area contributed by atoms with E-state index in [0.717, 1.165) is 77.7 Å². The minimum absolute atomic E-state index is 0.0941. The Morgan fingerprint density at radius 2 is 1.97 bits per heavy atom. The molecule has 8 heteroatoms. The third-order valence-corrected chi connectivity index (χ3v) is 7.10. The van der Waals surface area contributed by atoms with Crippen LogP contribution in [0.4, 0.5) is 5.82 Å². The van der Waals surface area contributed by atoms with Gasteiger partial charge in [-0.1, -0.05) is 24.3 Å². The van der Waals surface area contributed by atoms with Crippen LogP contribution in [0, 0.1) is 13.8 Å². The molecule has 30 heavy (non-hydrogen) atoms. The Bertz CT molecular complexity index is 1290. The van der Waals surface area contributed by atoms with Gasteiger partial charge in [-0.05, 0) is 19.4 Å². The van der Waals surface area contributed by atoms with E-state index in [1.54, 1.807) is 16.2 Å². The van der Waals surface area contributed by atoms with Gasteiger partial charge in [0.25, 0.3) is 5.56 Å². The molecule has 1 saturated heterocycles. The van der Waals surface area contributed by atoms with Crippen molar-refractivity contribution >= 4 is 43.8 Å². The van der Waals surface area contributed by atoms with Crippen LogP contribution in [0.15, 0.2) is 29.1 Å². The lowest BCUT2D eigenvalue weighted by molar-refractivity contribution is -0.908. The predicted octanol–water partition coefficient (Wildman–Crippen LogP) is 1.79. The van der Waals surface area contributed by atoms with Gasteiger partial charge < -0.3 is 15.0 Å². The number of rotatable bonds is 5. The smallest absolute Gasteiger partial charge is 0.283 e. The zero-order valence-electron chi connectivity index (χ0n) is 17.3. The Morgan fingerprint density at radius 3 is 2.77 bits per heavy atom. The number of aryl methyl sites for hydroxylation is 2. The van der Waals surface area contributed by atoms with Gasteiger partial charge >= 0.3 is 0 Å². The fourth-order valence-electron chi connectivity index (χ4n) is 4.18. The molecule has 0 bridgehead atoms. The van der Waals surface area contributed by atoms with Crippen LogP contribution >= 0.6 is 11.3 Å². The maximum absolute atomic E-state index is 13.3. The molecule has 0 aliphatic carbocycles. The summed E-state index contributed by atoms with van der Waals surface area (Å²) >= 11 is 1.57. The van der Waals surface area contributed by atoms with Crippen LogP contribution in [0.25, 0.3) is 26.6 Å². The molecular weight excluding hydrogens is 398 g/mol. The molecule has 1 aliphatic rings. The highest BCUT2D eigenvalue weighted by atomic mass is 32.1. The first-order valence-electron chi connectivity index (χ1n) is 10.5. The van der Waals surface area contributed by atoms with E-state index in [0.29, 0.717) is 11.0 Å². The molecule has 0 radical (unpaired) electrons. The van der Waals surface area contributed by atoms with E-state index in [1.807, 2.05) is 38.1 Å². The first kappa shape index (κ1) is 19.4. The van der Waals surface area contributed by atoms with Crippen molar-refractivity contribution in [3.63, 3.8) is 0 Å². The average molecular weight is 425 g/mol. The highest BCUT2D eigenvalue weighted by Gasteiger charge is 2.17. The summed E-state index contributed by atoms with van der Waals surface area (Å²) in [6.45, 7) is 9.80. The molecule has 0 atom stereocenters. The Balaban J connectivity index is 1.52. The van der Waals surface area contributed by atoms with Gasteiger partial charge in [0.15, 0.2) is 11.5 Å². The van der Waals surface area contributed by atoms with Crippen LogP contribution in [0.5, 0.6) is 0 Å². The monoisotopic (exact) mass is 424 g/mol. The SMILES string of the molecule is Cc1sc2nc3c4ccccc4c(NCCC[NH+]4CCOCC4)nn3c(=O)c2c1C. The van der Waals surface area contributed by atoms with Gasteiger partial charge in [-0.3, -0.25) is 4.79 Å². The Labute approximate surface area is 178 Å². The summed E-state index contributed by atoms with van der Waals surface area (Å²) in [5, 5.41) is 10.8. The van der Waals surface area contributed by atoms with Crippen molar-refractivity contribution in [3.8, 4) is 0 Å². The topological polar surface area (TPSA) is 73.0 Å². The van der Waals surface area contributed by atoms with Gasteiger partial charge in [0.1, 0.15) is 17.9 Å². The van der Waals surface area contributed by atoms with E-state index in [-0.39, 0.29) is 5.56 Å². The van der Waals surface area contributed by atoms with Crippen LogP contribution in [0.3, 0.4) is 0 Å². The normalized spacial score (nSPS) is 15.4. The van der Waals surface area contributed by atoms with E-state index < -0.39 is 0 Å². The standard InChI is InChI=1S/C22H25N5O2S/c1-14-15(2)30-21-18(14)22(28)27-20(24-21)17-7-4-3-6-16(17)19(25-27)23-8-5-9-26-10-12-29-13-11-26/h3-4,6-7H,5,8-13H2,1-2H3,(H,23,25)/p+1. The Kier molecular flexibility index (Phi) is 5.14. The lowest BCUT2D eigenvalue weighted by atomic mass is 10.1. The Hall–Kier alpha value is -2.55. The van der Waals surface area contributed by atoms with Crippen molar-refractivity contribution in [1.82, 2.24) is 14.6 Å². The largest absolute Gasteiger partial charge is 0.370 e. The molecule has 0 amide bonds. The van der Waals surface area contributed by atoms with Crippen molar-refractivity contribution < 1.29 is 9.64 Å². The number of anilines is 1. The molecule has 0 saturated carbocycles. The maximum Gasteiger partial charge on any atom is 0.283 e. The third kappa shape index (κ3) is 3.34. The first-order valence-corrected chi connectivity index (χ1v) is 11.3. The zero-order valence-corrected chi connectivity index (χ0v) is 18.1. The van der Waals surface area contributed by atoms with Crippen LogP contribution in [-0.2, 0) is 4.74 Å². The van der Waals surface area contributed by atoms with Crippen LogP contribution in [0.1, 0.15) is 16.9 Å². The van der Waals surface area contributed by atoms with E-state index in [9.17, 15) is 4.79 Å². The van der Waals surface area contributed by atoms with E-state index in [4.69, 9.17) is 14.8 Å². The summed E-state index contributed by atoms with van der Waals surface area (Å²) in [5.74, 6) is 0.739. The zero-order chi connectivity index (χ0) is 20.7. The van der Waals surface area contributed by atoms with Gasteiger partial charge in [0.2, 0.25) is 0 Å². The minimum atomic E-state index is -0.0941. The van der Waals surface area contributed by atoms with E-state index >= 15 is 0 Å². The number of aromatic nitrogens is 3. The first-order chi connectivity index (χ1) is 14.6. The summed E-state index contributed by atoms with van der Waals surface area (Å²) < 4.78 is 6.90. The number of benzene rings is 1. The van der Waals surface area contributed by atoms with E-state index in [1.165, 1.54) is 4.52 Å². The molecule has 0 unspecified atom stereocenters. The van der Waals surface area contributed by atoms with Gasteiger partial charge in [-0.25, -0.2) is 4.98 Å². The minimum Gasteiger partial charge on any atom is -0.370 e. The summed E-state index contributed by atoms with van der Waals surface area (Å²) in [4.78, 5) is 21.6. The number of morpholine rings is 1. The summed E-state index contributed by atoms with van der Waals surface area (Å²) in [6, 6.07) is 8.04. The summed E-state index contributed by atoms with van der Waals surface area (Å²) in [5.41, 5.74) is 1.52. The molecule has 7 nitrogen and oxygen atoms in total.